The van der Waals surface area contributed by atoms with Crippen molar-refractivity contribution < 1.29 is 28.6 Å². The van der Waals surface area contributed by atoms with E-state index < -0.39 is 17.7 Å². The molecule has 0 fully saturated rings. The number of aromatic nitrogens is 2. The number of halogens is 1. The summed E-state index contributed by atoms with van der Waals surface area (Å²) in [5.74, 6) is -2.13. The number of benzene rings is 2. The Kier molecular flexibility index (Phi) is 8.60. The fourth-order valence-electron chi connectivity index (χ4n) is 3.26. The Hall–Kier alpha value is -5.13. The van der Waals surface area contributed by atoms with Gasteiger partial charge >= 0.3 is 5.97 Å². The molecule has 2 aromatic carbocycles. The largest absolute Gasteiger partial charge is 0.493 e. The summed E-state index contributed by atoms with van der Waals surface area (Å²) in [6.07, 6.45) is 8.02. The number of carboxylic acids is 1. The topological polar surface area (TPSA) is 175 Å². The highest BCUT2D eigenvalue weighted by Crippen LogP contribution is 2.24. The van der Waals surface area contributed by atoms with Crippen LogP contribution in [0, 0.1) is 5.82 Å². The molecule has 192 valence electrons. The molecule has 1 heterocycles. The molecule has 37 heavy (non-hydrogen) atoms. The van der Waals surface area contributed by atoms with Gasteiger partial charge in [-0.2, -0.15) is 0 Å². The first-order valence-corrected chi connectivity index (χ1v) is 10.9. The van der Waals surface area contributed by atoms with E-state index in [1.165, 1.54) is 53.5 Å². The van der Waals surface area contributed by atoms with Crippen molar-refractivity contribution in [3.8, 4) is 5.75 Å². The summed E-state index contributed by atoms with van der Waals surface area (Å²) in [4.78, 5) is 39.1. The molecule has 0 spiro atoms. The van der Waals surface area contributed by atoms with Crippen LogP contribution in [0.25, 0.3) is 5.82 Å². The van der Waals surface area contributed by atoms with Gasteiger partial charge in [0, 0.05) is 37.1 Å². The van der Waals surface area contributed by atoms with Gasteiger partial charge in [0.2, 0.25) is 0 Å². The second kappa shape index (κ2) is 12.0. The number of aldehydes is 1. The van der Waals surface area contributed by atoms with Gasteiger partial charge < -0.3 is 31.9 Å². The molecule has 0 aliphatic heterocycles. The number of nitrogens with one attached hydrogen (secondary N) is 2. The summed E-state index contributed by atoms with van der Waals surface area (Å²) < 4.78 is 21.4. The highest BCUT2D eigenvalue weighted by atomic mass is 19.1. The van der Waals surface area contributed by atoms with E-state index in [0.29, 0.717) is 17.5 Å². The minimum atomic E-state index is -1.30. The Bertz CT molecular complexity index is 1370. The van der Waals surface area contributed by atoms with Gasteiger partial charge in [-0.3, -0.25) is 14.2 Å². The standard InChI is InChI=1S/C25H25FN6O5/c1-29-22-11-15(19(26)10-16(22)13-33)6-9-37-17-2-4-21(18(12-17)25(35)36)31-24(34)20(27)3-5-23(28)32-8-7-30-14-32/h2-5,7-8,10-14,29H,6,9,27-28H2,1H3,(H,31,34)(H,35,36)/b20-3-,23-5+. The summed E-state index contributed by atoms with van der Waals surface area (Å²) in [6, 6.07) is 6.71. The molecular weight excluding hydrogens is 483 g/mol. The fourth-order valence-corrected chi connectivity index (χ4v) is 3.26. The molecule has 0 atom stereocenters. The predicted molar refractivity (Wildman–Crippen MR) is 136 cm³/mol. The van der Waals surface area contributed by atoms with Crippen molar-refractivity contribution in [2.75, 3.05) is 24.3 Å². The first-order valence-electron chi connectivity index (χ1n) is 10.9. The van der Waals surface area contributed by atoms with Gasteiger partial charge in [0.15, 0.2) is 6.29 Å². The van der Waals surface area contributed by atoms with Crippen LogP contribution in [-0.2, 0) is 11.2 Å². The zero-order valence-corrected chi connectivity index (χ0v) is 19.8. The number of aromatic carboxylic acids is 1. The summed E-state index contributed by atoms with van der Waals surface area (Å²) in [6.45, 7) is 0.0334. The number of carbonyl (C=O) groups is 3. The van der Waals surface area contributed by atoms with Gasteiger partial charge in [0.1, 0.15) is 23.7 Å². The zero-order chi connectivity index (χ0) is 26.9. The van der Waals surface area contributed by atoms with Crippen LogP contribution in [0.15, 0.2) is 66.9 Å². The normalized spacial score (nSPS) is 11.6. The number of anilines is 2. The van der Waals surface area contributed by atoms with Crippen LogP contribution in [0.1, 0.15) is 26.3 Å². The number of hydrogen-bond donors (Lipinski definition) is 5. The third-order valence-corrected chi connectivity index (χ3v) is 5.22. The SMILES string of the molecule is CNc1cc(CCOc2ccc(NC(=O)/C(N)=C/C=C(\N)n3ccnc3)c(C(=O)O)c2)c(F)cc1C=O. The monoisotopic (exact) mass is 508 g/mol. The summed E-state index contributed by atoms with van der Waals surface area (Å²) in [5, 5.41) is 14.9. The van der Waals surface area contributed by atoms with Gasteiger partial charge in [0.25, 0.3) is 5.91 Å². The van der Waals surface area contributed by atoms with Gasteiger partial charge in [0.05, 0.1) is 23.6 Å². The van der Waals surface area contributed by atoms with E-state index in [1.54, 1.807) is 13.2 Å². The molecule has 0 saturated heterocycles. The zero-order valence-electron chi connectivity index (χ0n) is 19.8. The molecule has 1 amide bonds. The van der Waals surface area contributed by atoms with Crippen LogP contribution in [-0.4, -0.2) is 46.5 Å². The number of nitrogens with two attached hydrogens (primary N) is 2. The van der Waals surface area contributed by atoms with Crippen molar-refractivity contribution in [1.82, 2.24) is 9.55 Å². The van der Waals surface area contributed by atoms with E-state index in [0.717, 1.165) is 6.07 Å². The molecule has 3 aromatic rings. The van der Waals surface area contributed by atoms with E-state index in [4.69, 9.17) is 16.2 Å². The molecule has 0 saturated carbocycles. The van der Waals surface area contributed by atoms with Crippen LogP contribution in [0.5, 0.6) is 5.75 Å². The van der Waals surface area contributed by atoms with Crippen molar-refractivity contribution in [1.29, 1.82) is 0 Å². The first kappa shape index (κ1) is 26.5. The number of ether oxygens (including phenoxy) is 1. The summed E-state index contributed by atoms with van der Waals surface area (Å²) in [5.41, 5.74) is 12.2. The lowest BCUT2D eigenvalue weighted by atomic mass is 10.1. The second-order valence-electron chi connectivity index (χ2n) is 7.65. The van der Waals surface area contributed by atoms with Gasteiger partial charge in [-0.25, -0.2) is 14.2 Å². The van der Waals surface area contributed by atoms with Crippen molar-refractivity contribution >= 4 is 35.4 Å². The molecule has 11 nitrogen and oxygen atoms in total. The number of carboxylic acid groups (broad SMARTS) is 1. The average molecular weight is 509 g/mol. The molecular formula is C25H25FN6O5. The van der Waals surface area contributed by atoms with Crippen molar-refractivity contribution in [2.24, 2.45) is 11.5 Å². The molecule has 3 rings (SSSR count). The number of rotatable bonds is 11. The fraction of sp³-hybridized carbons (Fsp3) is 0.120. The molecule has 0 radical (unpaired) electrons. The Labute approximate surface area is 211 Å². The number of nitrogens with zero attached hydrogens (tertiary/aromatic N) is 2. The van der Waals surface area contributed by atoms with E-state index >= 15 is 0 Å². The quantitative estimate of drug-likeness (QED) is 0.148. The highest BCUT2D eigenvalue weighted by molar-refractivity contribution is 6.07. The van der Waals surface area contributed by atoms with E-state index in [-0.39, 0.29) is 47.1 Å². The number of carbonyl (C=O) groups excluding carboxylic acids is 2. The van der Waals surface area contributed by atoms with Crippen LogP contribution in [0.3, 0.4) is 0 Å². The lowest BCUT2D eigenvalue weighted by Gasteiger charge is -2.13. The number of allylic oxidation sites excluding steroid dienone is 2. The number of imidazole rings is 1. The summed E-state index contributed by atoms with van der Waals surface area (Å²) >= 11 is 0. The van der Waals surface area contributed by atoms with Gasteiger partial charge in [-0.05, 0) is 48.0 Å². The van der Waals surface area contributed by atoms with Crippen molar-refractivity contribution in [3.05, 3.63) is 89.4 Å². The Morgan fingerprint density at radius 2 is 1.97 bits per heavy atom. The summed E-state index contributed by atoms with van der Waals surface area (Å²) in [7, 11) is 1.62. The lowest BCUT2D eigenvalue weighted by Crippen LogP contribution is -2.21. The molecule has 7 N–H and O–H groups in total. The van der Waals surface area contributed by atoms with E-state index in [1.807, 2.05) is 0 Å². The predicted octanol–water partition coefficient (Wildman–Crippen LogP) is 2.43. The Balaban J connectivity index is 1.68. The molecule has 1 aromatic heterocycles. The average Bonchev–Trinajstić information content (AvgIpc) is 3.43. The molecule has 0 unspecified atom stereocenters. The third kappa shape index (κ3) is 6.72. The third-order valence-electron chi connectivity index (χ3n) is 5.22. The van der Waals surface area contributed by atoms with Crippen molar-refractivity contribution in [3.63, 3.8) is 0 Å². The maximum absolute atomic E-state index is 14.3. The molecule has 12 heteroatoms. The Morgan fingerprint density at radius 1 is 1.19 bits per heavy atom. The number of amides is 1. The first-order chi connectivity index (χ1) is 17.7. The molecule has 0 aliphatic rings. The Morgan fingerprint density at radius 3 is 2.62 bits per heavy atom. The minimum Gasteiger partial charge on any atom is -0.493 e. The maximum Gasteiger partial charge on any atom is 0.337 e. The molecule has 0 aliphatic carbocycles. The number of hydrogen-bond acceptors (Lipinski definition) is 8. The highest BCUT2D eigenvalue weighted by Gasteiger charge is 2.16. The maximum atomic E-state index is 14.3. The van der Waals surface area contributed by atoms with Gasteiger partial charge in [-0.15, -0.1) is 0 Å². The van der Waals surface area contributed by atoms with E-state index in [2.05, 4.69) is 15.6 Å². The second-order valence-corrected chi connectivity index (χ2v) is 7.65. The van der Waals surface area contributed by atoms with E-state index in [9.17, 15) is 23.9 Å². The van der Waals surface area contributed by atoms with Crippen molar-refractivity contribution in [2.45, 2.75) is 6.42 Å². The van der Waals surface area contributed by atoms with Crippen LogP contribution in [0.4, 0.5) is 15.8 Å². The smallest absolute Gasteiger partial charge is 0.337 e. The van der Waals surface area contributed by atoms with Crippen LogP contribution < -0.4 is 26.8 Å². The van der Waals surface area contributed by atoms with Crippen LogP contribution >= 0.6 is 0 Å². The van der Waals surface area contributed by atoms with Gasteiger partial charge in [-0.1, -0.05) is 0 Å². The lowest BCUT2D eigenvalue weighted by molar-refractivity contribution is -0.112. The molecule has 0 bridgehead atoms. The minimum absolute atomic E-state index is 0.00178. The van der Waals surface area contributed by atoms with Crippen LogP contribution in [0.2, 0.25) is 0 Å².